The normalized spacial score (nSPS) is 17.2. The third-order valence-corrected chi connectivity index (χ3v) is 6.62. The van der Waals surface area contributed by atoms with E-state index in [4.69, 9.17) is 21.1 Å². The van der Waals surface area contributed by atoms with Crippen molar-refractivity contribution >= 4 is 27.6 Å². The van der Waals surface area contributed by atoms with Crippen LogP contribution in [0.15, 0.2) is 41.3 Å². The lowest BCUT2D eigenvalue weighted by Crippen LogP contribution is -2.48. The van der Waals surface area contributed by atoms with E-state index in [9.17, 15) is 18.3 Å². The standard InChI is InChI=1S/C18H18ClNO6S/c1-25-16-8-11-7-15(18(21)22)20(10-12(11)9-17(16)26-2)27(23,24)14-5-3-13(19)4-6-14/h3-6,8-9,15H,7,10H2,1-2H3,(H,21,22)/t15-/m1/s1. The molecule has 0 fully saturated rings. The van der Waals surface area contributed by atoms with Crippen LogP contribution in [0.2, 0.25) is 5.02 Å². The number of methoxy groups -OCH3 is 2. The van der Waals surface area contributed by atoms with E-state index in [0.717, 1.165) is 4.31 Å². The zero-order valence-corrected chi connectivity index (χ0v) is 16.2. The van der Waals surface area contributed by atoms with Crippen LogP contribution >= 0.6 is 11.6 Å². The number of fused-ring (bicyclic) bond motifs is 1. The molecule has 1 atom stereocenters. The van der Waals surface area contributed by atoms with Gasteiger partial charge in [0.1, 0.15) is 6.04 Å². The van der Waals surface area contributed by atoms with Gasteiger partial charge in [-0.2, -0.15) is 4.31 Å². The molecule has 1 heterocycles. The third-order valence-electron chi connectivity index (χ3n) is 4.50. The number of hydrogen-bond donors (Lipinski definition) is 1. The number of carboxylic acid groups (broad SMARTS) is 1. The van der Waals surface area contributed by atoms with Crippen molar-refractivity contribution in [1.29, 1.82) is 0 Å². The molecule has 2 aromatic rings. The second kappa shape index (κ2) is 7.38. The zero-order chi connectivity index (χ0) is 19.8. The van der Waals surface area contributed by atoms with Gasteiger partial charge in [-0.25, -0.2) is 8.42 Å². The minimum Gasteiger partial charge on any atom is -0.493 e. The Balaban J connectivity index is 2.08. The fourth-order valence-corrected chi connectivity index (χ4v) is 4.78. The van der Waals surface area contributed by atoms with Crippen molar-refractivity contribution in [2.75, 3.05) is 14.2 Å². The number of benzene rings is 2. The molecule has 0 unspecified atom stereocenters. The first kappa shape index (κ1) is 19.5. The first-order chi connectivity index (χ1) is 12.8. The van der Waals surface area contributed by atoms with Crippen LogP contribution in [0.5, 0.6) is 11.5 Å². The van der Waals surface area contributed by atoms with Crippen molar-refractivity contribution in [3.63, 3.8) is 0 Å². The van der Waals surface area contributed by atoms with E-state index in [0.29, 0.717) is 27.6 Å². The first-order valence-corrected chi connectivity index (χ1v) is 9.83. The Kier molecular flexibility index (Phi) is 5.32. The summed E-state index contributed by atoms with van der Waals surface area (Å²) >= 11 is 5.83. The van der Waals surface area contributed by atoms with Crippen LogP contribution in [0.3, 0.4) is 0 Å². The Morgan fingerprint density at radius 3 is 2.19 bits per heavy atom. The SMILES string of the molecule is COc1cc2c(cc1OC)CN(S(=O)(=O)c1ccc(Cl)cc1)[C@@H](C(=O)O)C2. The smallest absolute Gasteiger partial charge is 0.322 e. The van der Waals surface area contributed by atoms with E-state index in [1.807, 2.05) is 0 Å². The van der Waals surface area contributed by atoms with Crippen LogP contribution in [0.4, 0.5) is 0 Å². The van der Waals surface area contributed by atoms with Crippen LogP contribution < -0.4 is 9.47 Å². The molecule has 0 amide bonds. The molecule has 0 radical (unpaired) electrons. The molecule has 1 aliphatic heterocycles. The maximum Gasteiger partial charge on any atom is 0.322 e. The molecule has 0 saturated carbocycles. The van der Waals surface area contributed by atoms with Crippen LogP contribution in [0.25, 0.3) is 0 Å². The van der Waals surface area contributed by atoms with Crippen molar-refractivity contribution in [2.45, 2.75) is 23.9 Å². The number of rotatable bonds is 5. The minimum atomic E-state index is -4.03. The molecule has 2 aromatic carbocycles. The molecule has 1 N–H and O–H groups in total. The van der Waals surface area contributed by atoms with E-state index in [2.05, 4.69) is 0 Å². The van der Waals surface area contributed by atoms with Gasteiger partial charge in [-0.1, -0.05) is 11.6 Å². The average Bonchev–Trinajstić information content (AvgIpc) is 2.65. The number of aliphatic carboxylic acids is 1. The molecular formula is C18H18ClNO6S. The summed E-state index contributed by atoms with van der Waals surface area (Å²) in [5.41, 5.74) is 1.38. The summed E-state index contributed by atoms with van der Waals surface area (Å²) in [4.78, 5) is 11.8. The summed E-state index contributed by atoms with van der Waals surface area (Å²) in [6.45, 7) is -0.0857. The second-order valence-corrected chi connectivity index (χ2v) is 8.37. The first-order valence-electron chi connectivity index (χ1n) is 8.02. The Morgan fingerprint density at radius 2 is 1.67 bits per heavy atom. The number of carbonyl (C=O) groups is 1. The van der Waals surface area contributed by atoms with E-state index < -0.39 is 22.0 Å². The van der Waals surface area contributed by atoms with E-state index in [1.165, 1.54) is 38.5 Å². The average molecular weight is 412 g/mol. The highest BCUT2D eigenvalue weighted by Gasteiger charge is 2.40. The Morgan fingerprint density at radius 1 is 1.11 bits per heavy atom. The van der Waals surface area contributed by atoms with E-state index in [-0.39, 0.29) is 17.9 Å². The molecule has 0 aromatic heterocycles. The topological polar surface area (TPSA) is 93.1 Å². The summed E-state index contributed by atoms with van der Waals surface area (Å²) < 4.78 is 37.6. The Labute approximate surface area is 162 Å². The number of sulfonamides is 1. The molecule has 0 spiro atoms. The second-order valence-electron chi connectivity index (χ2n) is 6.04. The summed E-state index contributed by atoms with van der Waals surface area (Å²) in [6.07, 6.45) is 0.0256. The molecule has 1 aliphatic rings. The summed E-state index contributed by atoms with van der Waals surface area (Å²) in [5.74, 6) is -0.295. The third kappa shape index (κ3) is 3.60. The summed E-state index contributed by atoms with van der Waals surface area (Å²) in [5, 5.41) is 10.0. The highest BCUT2D eigenvalue weighted by molar-refractivity contribution is 7.89. The minimum absolute atomic E-state index is 0.0120. The monoisotopic (exact) mass is 411 g/mol. The van der Waals surface area contributed by atoms with Gasteiger partial charge in [0.05, 0.1) is 19.1 Å². The van der Waals surface area contributed by atoms with Gasteiger partial charge < -0.3 is 14.6 Å². The van der Waals surface area contributed by atoms with Crippen molar-refractivity contribution in [2.24, 2.45) is 0 Å². The van der Waals surface area contributed by atoms with E-state index in [1.54, 1.807) is 12.1 Å². The van der Waals surface area contributed by atoms with Gasteiger partial charge in [-0.3, -0.25) is 4.79 Å². The van der Waals surface area contributed by atoms with Gasteiger partial charge in [0.15, 0.2) is 11.5 Å². The van der Waals surface area contributed by atoms with Crippen LogP contribution in [-0.2, 0) is 27.8 Å². The summed E-state index contributed by atoms with van der Waals surface area (Å²) in [7, 11) is -1.06. The lowest BCUT2D eigenvalue weighted by molar-refractivity contribution is -0.141. The van der Waals surface area contributed by atoms with Crippen molar-refractivity contribution < 1.29 is 27.8 Å². The zero-order valence-electron chi connectivity index (χ0n) is 14.7. The molecule has 144 valence electrons. The van der Waals surface area contributed by atoms with Gasteiger partial charge in [0.2, 0.25) is 10.0 Å². The van der Waals surface area contributed by atoms with Crippen LogP contribution in [0, 0.1) is 0 Å². The maximum atomic E-state index is 13.1. The van der Waals surface area contributed by atoms with Crippen molar-refractivity contribution in [3.05, 3.63) is 52.5 Å². The molecular weight excluding hydrogens is 394 g/mol. The quantitative estimate of drug-likeness (QED) is 0.812. The Bertz CT molecular complexity index is 974. The van der Waals surface area contributed by atoms with E-state index >= 15 is 0 Å². The molecule has 0 aliphatic carbocycles. The predicted molar refractivity (Wildman–Crippen MR) is 98.9 cm³/mol. The largest absolute Gasteiger partial charge is 0.493 e. The van der Waals surface area contributed by atoms with Gasteiger partial charge in [-0.05, 0) is 47.5 Å². The predicted octanol–water partition coefficient (Wildman–Crippen LogP) is 2.56. The fraction of sp³-hybridized carbons (Fsp3) is 0.278. The van der Waals surface area contributed by atoms with Gasteiger partial charge >= 0.3 is 5.97 Å². The number of hydrogen-bond acceptors (Lipinski definition) is 5. The molecule has 0 bridgehead atoms. The highest BCUT2D eigenvalue weighted by atomic mass is 35.5. The highest BCUT2D eigenvalue weighted by Crippen LogP contribution is 2.36. The van der Waals surface area contributed by atoms with Crippen molar-refractivity contribution in [1.82, 2.24) is 4.31 Å². The summed E-state index contributed by atoms with van der Waals surface area (Å²) in [6, 6.07) is 7.77. The lowest BCUT2D eigenvalue weighted by atomic mass is 9.95. The van der Waals surface area contributed by atoms with Crippen LogP contribution in [-0.4, -0.2) is 44.1 Å². The number of carboxylic acids is 1. The molecule has 3 rings (SSSR count). The van der Waals surface area contributed by atoms with Gasteiger partial charge in [-0.15, -0.1) is 0 Å². The fourth-order valence-electron chi connectivity index (χ4n) is 3.09. The van der Waals surface area contributed by atoms with Gasteiger partial charge in [0.25, 0.3) is 0 Å². The maximum absolute atomic E-state index is 13.1. The Hall–Kier alpha value is -2.29. The number of nitrogens with zero attached hydrogens (tertiary/aromatic N) is 1. The molecule has 27 heavy (non-hydrogen) atoms. The van der Waals surface area contributed by atoms with Crippen molar-refractivity contribution in [3.8, 4) is 11.5 Å². The number of ether oxygens (including phenoxy) is 2. The molecule has 9 heteroatoms. The van der Waals surface area contributed by atoms with Gasteiger partial charge in [0, 0.05) is 18.0 Å². The van der Waals surface area contributed by atoms with Crippen LogP contribution in [0.1, 0.15) is 11.1 Å². The lowest BCUT2D eigenvalue weighted by Gasteiger charge is -2.34. The molecule has 0 saturated heterocycles. The number of halogens is 1. The molecule has 7 nitrogen and oxygen atoms in total.